The first-order valence-electron chi connectivity index (χ1n) is 4.39. The first kappa shape index (κ1) is 11.1. The molecule has 6 heteroatoms. The highest BCUT2D eigenvalue weighted by Gasteiger charge is 2.35. The van der Waals surface area contributed by atoms with Crippen LogP contribution in [0.25, 0.3) is 0 Å². The van der Waals surface area contributed by atoms with Gasteiger partial charge in [-0.3, -0.25) is 0 Å². The first-order chi connectivity index (χ1) is 7.16. The SMILES string of the molecule is O=[P+]1OCC[C@@H](c2cc(Br)ccc2F)O1. The Morgan fingerprint density at radius 3 is 3.07 bits per heavy atom. The van der Waals surface area contributed by atoms with Crippen LogP contribution in [0.3, 0.4) is 0 Å². The van der Waals surface area contributed by atoms with Crippen molar-refractivity contribution in [3.63, 3.8) is 0 Å². The molecule has 2 atom stereocenters. The van der Waals surface area contributed by atoms with E-state index in [-0.39, 0.29) is 5.82 Å². The molecule has 1 aromatic carbocycles. The summed E-state index contributed by atoms with van der Waals surface area (Å²) in [6.45, 7) is 0.325. The van der Waals surface area contributed by atoms with E-state index in [2.05, 4.69) is 15.9 Å². The Hall–Kier alpha value is -0.350. The Labute approximate surface area is 95.7 Å². The molecule has 0 aromatic heterocycles. The van der Waals surface area contributed by atoms with Gasteiger partial charge in [0.05, 0.1) is 0 Å². The van der Waals surface area contributed by atoms with Crippen LogP contribution in [-0.4, -0.2) is 6.61 Å². The fraction of sp³-hybridized carbons (Fsp3) is 0.333. The van der Waals surface area contributed by atoms with Crippen LogP contribution < -0.4 is 0 Å². The molecule has 1 aliphatic heterocycles. The van der Waals surface area contributed by atoms with Gasteiger partial charge in [0.1, 0.15) is 18.5 Å². The standard InChI is InChI=1S/C9H8BrFO3P/c10-6-1-2-8(11)7(5-6)9-3-4-13-15(12)14-9/h1-2,5,9H,3-4H2/q+1/t9-/m0/s1. The average Bonchev–Trinajstić information content (AvgIpc) is 2.22. The maximum Gasteiger partial charge on any atom is 0.698 e. The summed E-state index contributed by atoms with van der Waals surface area (Å²) in [6.07, 6.45) is 0.0221. The number of rotatable bonds is 1. The molecule has 1 aromatic rings. The van der Waals surface area contributed by atoms with Crippen molar-refractivity contribution in [2.45, 2.75) is 12.5 Å². The van der Waals surface area contributed by atoms with Crippen LogP contribution in [0.4, 0.5) is 4.39 Å². The molecule has 0 spiro atoms. The Morgan fingerprint density at radius 1 is 1.53 bits per heavy atom. The summed E-state index contributed by atoms with van der Waals surface area (Å²) in [5.74, 6) is -0.353. The number of halogens is 2. The molecule has 0 amide bonds. The number of hydrogen-bond acceptors (Lipinski definition) is 3. The van der Waals surface area contributed by atoms with Crippen LogP contribution >= 0.6 is 24.2 Å². The van der Waals surface area contributed by atoms with Crippen LogP contribution in [0.5, 0.6) is 0 Å². The quantitative estimate of drug-likeness (QED) is 0.740. The summed E-state index contributed by atoms with van der Waals surface area (Å²) in [5, 5.41) is 0. The minimum atomic E-state index is -2.11. The number of benzene rings is 1. The van der Waals surface area contributed by atoms with Crippen molar-refractivity contribution < 1.29 is 18.0 Å². The Bertz CT molecular complexity index is 399. The lowest BCUT2D eigenvalue weighted by atomic mass is 10.1. The van der Waals surface area contributed by atoms with Gasteiger partial charge in [0, 0.05) is 21.0 Å². The number of hydrogen-bond donors (Lipinski definition) is 0. The molecular formula is C9H8BrFO3P+. The van der Waals surface area contributed by atoms with Gasteiger partial charge in [0.25, 0.3) is 0 Å². The molecule has 0 saturated carbocycles. The van der Waals surface area contributed by atoms with Gasteiger partial charge in [-0.1, -0.05) is 15.9 Å². The molecule has 1 saturated heterocycles. The summed E-state index contributed by atoms with van der Waals surface area (Å²) in [7, 11) is -2.11. The predicted molar refractivity (Wildman–Crippen MR) is 56.1 cm³/mol. The summed E-state index contributed by atoms with van der Waals surface area (Å²) >= 11 is 3.25. The lowest BCUT2D eigenvalue weighted by Crippen LogP contribution is -2.10. The lowest BCUT2D eigenvalue weighted by molar-refractivity contribution is 0.0944. The molecule has 0 aliphatic carbocycles. The van der Waals surface area contributed by atoms with E-state index in [1.165, 1.54) is 6.07 Å². The van der Waals surface area contributed by atoms with Crippen molar-refractivity contribution in [2.24, 2.45) is 0 Å². The molecule has 1 fully saturated rings. The minimum Gasteiger partial charge on any atom is -0.207 e. The van der Waals surface area contributed by atoms with Crippen LogP contribution in [0, 0.1) is 5.82 Å². The van der Waals surface area contributed by atoms with Gasteiger partial charge in [-0.2, -0.15) is 0 Å². The summed E-state index contributed by atoms with van der Waals surface area (Å²) in [4.78, 5) is 0. The zero-order valence-corrected chi connectivity index (χ0v) is 10.1. The largest absolute Gasteiger partial charge is 0.698 e. The van der Waals surface area contributed by atoms with E-state index in [0.717, 1.165) is 4.47 Å². The Morgan fingerprint density at radius 2 is 2.33 bits per heavy atom. The fourth-order valence-electron chi connectivity index (χ4n) is 1.39. The molecule has 0 radical (unpaired) electrons. The minimum absolute atomic E-state index is 0.325. The van der Waals surface area contributed by atoms with Crippen LogP contribution in [-0.2, 0) is 13.6 Å². The highest BCUT2D eigenvalue weighted by atomic mass is 79.9. The van der Waals surface area contributed by atoms with E-state index in [1.807, 2.05) is 0 Å². The maximum atomic E-state index is 13.4. The van der Waals surface area contributed by atoms with E-state index in [1.54, 1.807) is 12.1 Å². The van der Waals surface area contributed by atoms with Crippen LogP contribution in [0.1, 0.15) is 18.1 Å². The first-order valence-corrected chi connectivity index (χ1v) is 6.27. The molecule has 0 bridgehead atoms. The van der Waals surface area contributed by atoms with Gasteiger partial charge in [-0.25, -0.2) is 4.39 Å². The highest BCUT2D eigenvalue weighted by molar-refractivity contribution is 9.10. The lowest BCUT2D eigenvalue weighted by Gasteiger charge is -2.14. The third kappa shape index (κ3) is 2.61. The van der Waals surface area contributed by atoms with Crippen LogP contribution in [0.15, 0.2) is 22.7 Å². The van der Waals surface area contributed by atoms with E-state index in [4.69, 9.17) is 9.05 Å². The Kier molecular flexibility index (Phi) is 3.46. The van der Waals surface area contributed by atoms with Gasteiger partial charge >= 0.3 is 8.25 Å². The molecule has 0 N–H and O–H groups in total. The molecule has 80 valence electrons. The van der Waals surface area contributed by atoms with Gasteiger partial charge in [0.15, 0.2) is 0 Å². The van der Waals surface area contributed by atoms with Gasteiger partial charge in [0.2, 0.25) is 0 Å². The highest BCUT2D eigenvalue weighted by Crippen LogP contribution is 2.41. The van der Waals surface area contributed by atoms with Crippen molar-refractivity contribution in [1.82, 2.24) is 0 Å². The van der Waals surface area contributed by atoms with Crippen LogP contribution in [0.2, 0.25) is 0 Å². The average molecular weight is 294 g/mol. The molecule has 15 heavy (non-hydrogen) atoms. The topological polar surface area (TPSA) is 35.5 Å². The second kappa shape index (κ2) is 4.66. The van der Waals surface area contributed by atoms with E-state index >= 15 is 0 Å². The predicted octanol–water partition coefficient (Wildman–Crippen LogP) is 3.72. The normalized spacial score (nSPS) is 24.1. The summed E-state index contributed by atoms with van der Waals surface area (Å²) < 4.78 is 35.0. The van der Waals surface area contributed by atoms with E-state index in [9.17, 15) is 8.96 Å². The molecule has 1 unspecified atom stereocenters. The van der Waals surface area contributed by atoms with Crippen molar-refractivity contribution in [3.8, 4) is 0 Å². The smallest absolute Gasteiger partial charge is 0.207 e. The van der Waals surface area contributed by atoms with Gasteiger partial charge in [-0.15, -0.1) is 9.05 Å². The molecule has 1 heterocycles. The van der Waals surface area contributed by atoms with Crippen molar-refractivity contribution >= 4 is 24.2 Å². The summed E-state index contributed by atoms with van der Waals surface area (Å²) in [6, 6.07) is 4.60. The maximum absolute atomic E-state index is 13.4. The van der Waals surface area contributed by atoms with Crippen molar-refractivity contribution in [1.29, 1.82) is 0 Å². The monoisotopic (exact) mass is 293 g/mol. The van der Waals surface area contributed by atoms with E-state index < -0.39 is 14.4 Å². The zero-order valence-electron chi connectivity index (χ0n) is 7.65. The summed E-state index contributed by atoms with van der Waals surface area (Å²) in [5.41, 5.74) is 0.413. The molecule has 3 nitrogen and oxygen atoms in total. The second-order valence-corrected chi connectivity index (χ2v) is 4.94. The molecule has 2 rings (SSSR count). The fourth-order valence-corrected chi connectivity index (χ4v) is 2.52. The Balaban J connectivity index is 2.27. The molecule has 1 aliphatic rings. The second-order valence-electron chi connectivity index (χ2n) is 3.11. The van der Waals surface area contributed by atoms with Gasteiger partial charge in [-0.05, 0) is 18.2 Å². The third-order valence-electron chi connectivity index (χ3n) is 2.09. The van der Waals surface area contributed by atoms with Crippen molar-refractivity contribution in [3.05, 3.63) is 34.1 Å². The molecular weight excluding hydrogens is 286 g/mol. The third-order valence-corrected chi connectivity index (χ3v) is 3.41. The van der Waals surface area contributed by atoms with E-state index in [0.29, 0.717) is 18.6 Å². The van der Waals surface area contributed by atoms with Crippen molar-refractivity contribution in [2.75, 3.05) is 6.61 Å². The van der Waals surface area contributed by atoms with Gasteiger partial charge < -0.3 is 0 Å². The zero-order chi connectivity index (χ0) is 10.8.